The first-order valence-corrected chi connectivity index (χ1v) is 11.6. The van der Waals surface area contributed by atoms with Gasteiger partial charge in [0.1, 0.15) is 0 Å². The fraction of sp³-hybridized carbons (Fsp3) is 0.346. The van der Waals surface area contributed by atoms with Crippen LogP contribution in [0.3, 0.4) is 0 Å². The smallest absolute Gasteiger partial charge is 0.389 e. The van der Waals surface area contributed by atoms with E-state index in [1.165, 1.54) is 12.1 Å². The van der Waals surface area contributed by atoms with Gasteiger partial charge in [-0.25, -0.2) is 0 Å². The number of nitrogens with zero attached hydrogens (tertiary/aromatic N) is 5. The summed E-state index contributed by atoms with van der Waals surface area (Å²) < 4.78 is 47.3. The van der Waals surface area contributed by atoms with Crippen molar-refractivity contribution in [2.45, 2.75) is 45.0 Å². The minimum atomic E-state index is -4.36. The molecule has 1 saturated heterocycles. The SMILES string of the molecule is Cc1cc(-c2nc(-c3ccc(C(C)(C)C(F)(F)F)cc3)no2)nn1Cc1cccc(N2CC(O)C2)c1. The topological polar surface area (TPSA) is 80.2 Å². The number of β-amino-alcohol motifs (C(OH)–C–C–N with tert-alkyl or cyclic N) is 1. The van der Waals surface area contributed by atoms with E-state index in [9.17, 15) is 18.3 Å². The summed E-state index contributed by atoms with van der Waals surface area (Å²) in [7, 11) is 0. The molecular weight excluding hydrogens is 471 g/mol. The first-order valence-electron chi connectivity index (χ1n) is 11.6. The normalized spacial score (nSPS) is 14.8. The highest BCUT2D eigenvalue weighted by Gasteiger charge is 2.48. The number of alkyl halides is 3. The highest BCUT2D eigenvalue weighted by molar-refractivity contribution is 5.59. The van der Waals surface area contributed by atoms with E-state index in [1.807, 2.05) is 35.9 Å². The Balaban J connectivity index is 1.32. The molecule has 0 amide bonds. The zero-order valence-electron chi connectivity index (χ0n) is 20.1. The Kier molecular flexibility index (Phi) is 5.86. The molecular formula is C26H26F3N5O2. The van der Waals surface area contributed by atoms with Crippen LogP contribution in [0.25, 0.3) is 23.0 Å². The Bertz CT molecular complexity index is 1370. The summed E-state index contributed by atoms with van der Waals surface area (Å²) in [6.07, 6.45) is -4.63. The molecule has 1 aliphatic heterocycles. The molecule has 4 aromatic rings. The van der Waals surface area contributed by atoms with E-state index < -0.39 is 11.6 Å². The van der Waals surface area contributed by atoms with Crippen LogP contribution in [0.5, 0.6) is 0 Å². The largest absolute Gasteiger partial charge is 0.397 e. The standard InChI is InChI=1S/C26H26F3N5O2/c1-16-11-22(31-34(16)13-17-5-4-6-20(12-17)33-14-21(35)15-33)24-30-23(32-36-24)18-7-9-19(10-8-18)25(2,3)26(27,28)29/h4-12,21,35H,13-15H2,1-3H3. The minimum absolute atomic E-state index is 0.159. The van der Waals surface area contributed by atoms with Crippen molar-refractivity contribution in [3.8, 4) is 23.0 Å². The summed E-state index contributed by atoms with van der Waals surface area (Å²) in [5.74, 6) is 0.507. The highest BCUT2D eigenvalue weighted by Crippen LogP contribution is 2.40. The number of hydrogen-bond donors (Lipinski definition) is 1. The Morgan fingerprint density at radius 2 is 1.78 bits per heavy atom. The van der Waals surface area contributed by atoms with E-state index in [1.54, 1.807) is 12.1 Å². The van der Waals surface area contributed by atoms with Crippen LogP contribution in [0.2, 0.25) is 0 Å². The van der Waals surface area contributed by atoms with Gasteiger partial charge in [-0.1, -0.05) is 41.6 Å². The Labute approximate surface area is 206 Å². The molecule has 0 saturated carbocycles. The molecule has 0 spiro atoms. The van der Waals surface area contributed by atoms with E-state index in [0.29, 0.717) is 30.9 Å². The molecule has 5 rings (SSSR count). The van der Waals surface area contributed by atoms with Crippen molar-refractivity contribution in [3.05, 3.63) is 71.4 Å². The van der Waals surface area contributed by atoms with Crippen LogP contribution in [0.15, 0.2) is 59.1 Å². The fourth-order valence-corrected chi connectivity index (χ4v) is 4.11. The highest BCUT2D eigenvalue weighted by atomic mass is 19.4. The molecule has 1 aliphatic rings. The maximum atomic E-state index is 13.3. The van der Waals surface area contributed by atoms with Crippen LogP contribution in [0.1, 0.15) is 30.7 Å². The molecule has 0 radical (unpaired) electrons. The number of halogens is 3. The second-order valence-corrected chi connectivity index (χ2v) is 9.68. The summed E-state index contributed by atoms with van der Waals surface area (Å²) in [5, 5.41) is 18.2. The number of benzene rings is 2. The molecule has 2 aromatic heterocycles. The van der Waals surface area contributed by atoms with Crippen LogP contribution in [-0.2, 0) is 12.0 Å². The van der Waals surface area contributed by atoms with Gasteiger partial charge >= 0.3 is 6.18 Å². The Morgan fingerprint density at radius 1 is 1.06 bits per heavy atom. The van der Waals surface area contributed by atoms with Crippen molar-refractivity contribution in [1.82, 2.24) is 19.9 Å². The summed E-state index contributed by atoms with van der Waals surface area (Å²) in [6.45, 7) is 6.06. The van der Waals surface area contributed by atoms with Gasteiger partial charge in [-0.05, 0) is 50.1 Å². The molecule has 0 atom stereocenters. The third kappa shape index (κ3) is 4.48. The van der Waals surface area contributed by atoms with Crippen LogP contribution >= 0.6 is 0 Å². The molecule has 36 heavy (non-hydrogen) atoms. The number of aliphatic hydroxyl groups excluding tert-OH is 1. The fourth-order valence-electron chi connectivity index (χ4n) is 4.11. The molecule has 1 N–H and O–H groups in total. The van der Waals surface area contributed by atoms with E-state index in [2.05, 4.69) is 26.2 Å². The van der Waals surface area contributed by atoms with Gasteiger partial charge in [0.25, 0.3) is 5.89 Å². The van der Waals surface area contributed by atoms with Gasteiger partial charge < -0.3 is 14.5 Å². The maximum Gasteiger partial charge on any atom is 0.397 e. The van der Waals surface area contributed by atoms with Gasteiger partial charge in [-0.3, -0.25) is 4.68 Å². The van der Waals surface area contributed by atoms with Crippen molar-refractivity contribution in [2.75, 3.05) is 18.0 Å². The summed E-state index contributed by atoms with van der Waals surface area (Å²) in [5.41, 5.74) is 2.31. The average Bonchev–Trinajstić information content (AvgIpc) is 3.44. The van der Waals surface area contributed by atoms with Crippen molar-refractivity contribution in [2.24, 2.45) is 0 Å². The lowest BCUT2D eigenvalue weighted by Crippen LogP contribution is -2.50. The van der Waals surface area contributed by atoms with Gasteiger partial charge in [-0.15, -0.1) is 0 Å². The first kappa shape index (κ1) is 24.1. The molecule has 10 heteroatoms. The zero-order valence-corrected chi connectivity index (χ0v) is 20.1. The number of hydrogen-bond acceptors (Lipinski definition) is 6. The lowest BCUT2D eigenvalue weighted by Gasteiger charge is -2.38. The third-order valence-electron chi connectivity index (χ3n) is 6.67. The average molecular weight is 498 g/mol. The summed E-state index contributed by atoms with van der Waals surface area (Å²) in [4.78, 5) is 6.53. The van der Waals surface area contributed by atoms with Crippen molar-refractivity contribution >= 4 is 5.69 Å². The molecule has 7 nitrogen and oxygen atoms in total. The van der Waals surface area contributed by atoms with Gasteiger partial charge in [0.15, 0.2) is 5.69 Å². The zero-order chi connectivity index (χ0) is 25.7. The first-order chi connectivity index (χ1) is 17.0. The summed E-state index contributed by atoms with van der Waals surface area (Å²) >= 11 is 0. The molecule has 1 fully saturated rings. The maximum absolute atomic E-state index is 13.3. The van der Waals surface area contributed by atoms with Gasteiger partial charge in [0, 0.05) is 30.0 Å². The van der Waals surface area contributed by atoms with Crippen molar-refractivity contribution in [3.63, 3.8) is 0 Å². The monoisotopic (exact) mass is 497 g/mol. The van der Waals surface area contributed by atoms with Gasteiger partial charge in [0.2, 0.25) is 5.82 Å². The van der Waals surface area contributed by atoms with Crippen LogP contribution in [0.4, 0.5) is 18.9 Å². The Hall–Kier alpha value is -3.66. The predicted octanol–water partition coefficient (Wildman–Crippen LogP) is 4.98. The molecule has 3 heterocycles. The molecule has 2 aromatic carbocycles. The quantitative estimate of drug-likeness (QED) is 0.405. The number of aliphatic hydroxyl groups is 1. The van der Waals surface area contributed by atoms with E-state index in [0.717, 1.165) is 30.8 Å². The van der Waals surface area contributed by atoms with Crippen LogP contribution < -0.4 is 4.90 Å². The van der Waals surface area contributed by atoms with E-state index >= 15 is 0 Å². The van der Waals surface area contributed by atoms with Gasteiger partial charge in [-0.2, -0.15) is 23.3 Å². The number of aryl methyl sites for hydroxylation is 1. The van der Waals surface area contributed by atoms with E-state index in [-0.39, 0.29) is 23.4 Å². The lowest BCUT2D eigenvalue weighted by molar-refractivity contribution is -0.180. The number of rotatable bonds is 6. The predicted molar refractivity (Wildman–Crippen MR) is 129 cm³/mol. The molecule has 0 unspecified atom stereocenters. The lowest BCUT2D eigenvalue weighted by atomic mass is 9.83. The minimum Gasteiger partial charge on any atom is -0.389 e. The van der Waals surface area contributed by atoms with Gasteiger partial charge in [0.05, 0.1) is 18.1 Å². The Morgan fingerprint density at radius 3 is 2.44 bits per heavy atom. The van der Waals surface area contributed by atoms with Crippen molar-refractivity contribution < 1.29 is 22.8 Å². The summed E-state index contributed by atoms with van der Waals surface area (Å²) in [6, 6.07) is 16.0. The molecule has 0 bridgehead atoms. The third-order valence-corrected chi connectivity index (χ3v) is 6.67. The second kappa shape index (κ2) is 8.77. The van der Waals surface area contributed by atoms with E-state index in [4.69, 9.17) is 4.52 Å². The number of aromatic nitrogens is 4. The molecule has 0 aliphatic carbocycles. The second-order valence-electron chi connectivity index (χ2n) is 9.68. The molecule has 188 valence electrons. The van der Waals surface area contributed by atoms with Crippen LogP contribution in [0, 0.1) is 6.92 Å². The van der Waals surface area contributed by atoms with Crippen molar-refractivity contribution in [1.29, 1.82) is 0 Å². The number of anilines is 1. The van der Waals surface area contributed by atoms with Crippen LogP contribution in [-0.4, -0.2) is 50.4 Å².